The fraction of sp³-hybridized carbons (Fsp3) is 0.533. The topological polar surface area (TPSA) is 47.6 Å². The van der Waals surface area contributed by atoms with Crippen molar-refractivity contribution in [2.75, 3.05) is 44.6 Å². The number of likely N-dealkylation sites (tertiary alicyclic amines) is 1. The summed E-state index contributed by atoms with van der Waals surface area (Å²) in [5.74, 6) is 0. The van der Waals surface area contributed by atoms with Crippen LogP contribution in [0.2, 0.25) is 5.02 Å². The molecule has 0 saturated carbocycles. The first-order valence-electron chi connectivity index (χ1n) is 7.49. The molecule has 2 fully saturated rings. The van der Waals surface area contributed by atoms with E-state index in [0.717, 1.165) is 45.7 Å². The first-order chi connectivity index (χ1) is 10.2. The lowest BCUT2D eigenvalue weighted by molar-refractivity contribution is 0.172. The van der Waals surface area contributed by atoms with E-state index in [-0.39, 0.29) is 6.03 Å². The summed E-state index contributed by atoms with van der Waals surface area (Å²) in [5, 5.41) is 6.83. The van der Waals surface area contributed by atoms with E-state index in [4.69, 9.17) is 11.6 Å². The molecule has 3 rings (SSSR count). The molecule has 6 heteroatoms. The normalized spacial score (nSPS) is 23.3. The number of nitrogens with zero attached hydrogens (tertiary/aromatic N) is 2. The van der Waals surface area contributed by atoms with Gasteiger partial charge < -0.3 is 15.5 Å². The molecule has 1 aromatic carbocycles. The monoisotopic (exact) mass is 308 g/mol. The van der Waals surface area contributed by atoms with Crippen LogP contribution in [0.25, 0.3) is 0 Å². The van der Waals surface area contributed by atoms with Crippen LogP contribution in [0.5, 0.6) is 0 Å². The van der Waals surface area contributed by atoms with Gasteiger partial charge in [0.05, 0.1) is 10.7 Å². The lowest BCUT2D eigenvalue weighted by atomic mass is 10.2. The predicted molar refractivity (Wildman–Crippen MR) is 84.9 cm³/mol. The van der Waals surface area contributed by atoms with Crippen molar-refractivity contribution in [1.29, 1.82) is 0 Å². The van der Waals surface area contributed by atoms with Crippen LogP contribution in [0, 0.1) is 0 Å². The van der Waals surface area contributed by atoms with Crippen molar-refractivity contribution in [3.8, 4) is 0 Å². The van der Waals surface area contributed by atoms with Gasteiger partial charge >= 0.3 is 6.03 Å². The second kappa shape index (κ2) is 6.64. The molecular formula is C15H21ClN4O. The molecule has 2 heterocycles. The van der Waals surface area contributed by atoms with Crippen LogP contribution >= 0.6 is 11.6 Å². The van der Waals surface area contributed by atoms with Crippen molar-refractivity contribution in [3.05, 3.63) is 29.3 Å². The number of urea groups is 1. The molecule has 0 spiro atoms. The van der Waals surface area contributed by atoms with E-state index in [1.165, 1.54) is 0 Å². The Hall–Kier alpha value is -1.30. The Bertz CT molecular complexity index is 504. The summed E-state index contributed by atoms with van der Waals surface area (Å²) in [4.78, 5) is 16.7. The van der Waals surface area contributed by atoms with Gasteiger partial charge in [-0.25, -0.2) is 4.79 Å². The van der Waals surface area contributed by atoms with Crippen LogP contribution in [0.15, 0.2) is 24.3 Å². The zero-order chi connectivity index (χ0) is 14.7. The molecule has 1 unspecified atom stereocenters. The number of para-hydroxylation sites is 1. The summed E-state index contributed by atoms with van der Waals surface area (Å²) in [6.07, 6.45) is 1.05. The third-order valence-electron chi connectivity index (χ3n) is 4.23. The van der Waals surface area contributed by atoms with Crippen molar-refractivity contribution in [3.63, 3.8) is 0 Å². The van der Waals surface area contributed by atoms with E-state index in [9.17, 15) is 4.79 Å². The summed E-state index contributed by atoms with van der Waals surface area (Å²) in [5.41, 5.74) is 0.676. The summed E-state index contributed by atoms with van der Waals surface area (Å²) in [7, 11) is 0. The molecule has 114 valence electrons. The third-order valence-corrected chi connectivity index (χ3v) is 4.56. The quantitative estimate of drug-likeness (QED) is 0.876. The average Bonchev–Trinajstić information content (AvgIpc) is 3.00. The van der Waals surface area contributed by atoms with Crippen LogP contribution in [-0.2, 0) is 0 Å². The lowest BCUT2D eigenvalue weighted by Crippen LogP contribution is -2.49. The first-order valence-corrected chi connectivity index (χ1v) is 7.87. The van der Waals surface area contributed by atoms with Crippen molar-refractivity contribution in [2.45, 2.75) is 12.5 Å². The van der Waals surface area contributed by atoms with Gasteiger partial charge in [0.2, 0.25) is 0 Å². The van der Waals surface area contributed by atoms with Gasteiger partial charge in [-0.05, 0) is 18.6 Å². The summed E-state index contributed by atoms with van der Waals surface area (Å²) >= 11 is 6.08. The van der Waals surface area contributed by atoms with Crippen LogP contribution in [-0.4, -0.2) is 61.1 Å². The van der Waals surface area contributed by atoms with Crippen molar-refractivity contribution >= 4 is 23.3 Å². The number of anilines is 1. The number of halogens is 1. The van der Waals surface area contributed by atoms with E-state index < -0.39 is 0 Å². The maximum absolute atomic E-state index is 12.3. The van der Waals surface area contributed by atoms with Crippen molar-refractivity contribution < 1.29 is 4.79 Å². The number of hydrogen-bond donors (Lipinski definition) is 2. The predicted octanol–water partition coefficient (Wildman–Crippen LogP) is 1.85. The van der Waals surface area contributed by atoms with Gasteiger partial charge in [-0.3, -0.25) is 4.90 Å². The lowest BCUT2D eigenvalue weighted by Gasteiger charge is -2.32. The van der Waals surface area contributed by atoms with Crippen LogP contribution in [0.3, 0.4) is 0 Å². The molecule has 2 N–H and O–H groups in total. The molecule has 2 amide bonds. The maximum atomic E-state index is 12.3. The Morgan fingerprint density at radius 1 is 1.24 bits per heavy atom. The van der Waals surface area contributed by atoms with Gasteiger partial charge in [0.1, 0.15) is 0 Å². The molecule has 0 bridgehead atoms. The van der Waals surface area contributed by atoms with Gasteiger partial charge in [-0.2, -0.15) is 0 Å². The van der Waals surface area contributed by atoms with Crippen LogP contribution in [0.4, 0.5) is 10.5 Å². The largest absolute Gasteiger partial charge is 0.323 e. The highest BCUT2D eigenvalue weighted by atomic mass is 35.5. The second-order valence-corrected chi connectivity index (χ2v) is 5.99. The van der Waals surface area contributed by atoms with Crippen molar-refractivity contribution in [2.24, 2.45) is 0 Å². The zero-order valence-corrected chi connectivity index (χ0v) is 12.8. The highest BCUT2D eigenvalue weighted by molar-refractivity contribution is 6.33. The molecule has 1 aromatic rings. The first kappa shape index (κ1) is 14.6. The van der Waals surface area contributed by atoms with Crippen LogP contribution in [0.1, 0.15) is 6.42 Å². The molecule has 0 radical (unpaired) electrons. The Kier molecular flexibility index (Phi) is 4.63. The number of hydrogen-bond acceptors (Lipinski definition) is 3. The number of carbonyl (C=O) groups excluding carboxylic acids is 1. The molecule has 5 nitrogen and oxygen atoms in total. The number of amides is 2. The van der Waals surface area contributed by atoms with E-state index in [0.29, 0.717) is 16.8 Å². The fourth-order valence-corrected chi connectivity index (χ4v) is 3.21. The summed E-state index contributed by atoms with van der Waals surface area (Å²) < 4.78 is 0. The Morgan fingerprint density at radius 3 is 2.76 bits per heavy atom. The van der Waals surface area contributed by atoms with E-state index in [2.05, 4.69) is 15.5 Å². The molecule has 2 aliphatic rings. The molecule has 0 aromatic heterocycles. The summed E-state index contributed by atoms with van der Waals surface area (Å²) in [6, 6.07) is 7.77. The highest BCUT2D eigenvalue weighted by Gasteiger charge is 2.31. The number of benzene rings is 1. The molecule has 21 heavy (non-hydrogen) atoms. The second-order valence-electron chi connectivity index (χ2n) is 5.58. The fourth-order valence-electron chi connectivity index (χ4n) is 3.03. The Balaban J connectivity index is 1.55. The molecular weight excluding hydrogens is 288 g/mol. The van der Waals surface area contributed by atoms with Gasteiger partial charge in [0, 0.05) is 45.3 Å². The smallest absolute Gasteiger partial charge is 0.321 e. The SMILES string of the molecule is O=C(Nc1ccccc1Cl)N1CCC(N2CCNCC2)C1. The molecule has 2 aliphatic heterocycles. The average molecular weight is 309 g/mol. The Labute approximate surface area is 130 Å². The van der Waals surface area contributed by atoms with Crippen molar-refractivity contribution in [1.82, 2.24) is 15.1 Å². The Morgan fingerprint density at radius 2 is 2.00 bits per heavy atom. The molecule has 1 atom stereocenters. The van der Waals surface area contributed by atoms with E-state index in [1.807, 2.05) is 23.1 Å². The number of piperazine rings is 1. The van der Waals surface area contributed by atoms with Crippen LogP contribution < -0.4 is 10.6 Å². The van der Waals surface area contributed by atoms with Gasteiger partial charge in [0.25, 0.3) is 0 Å². The van der Waals surface area contributed by atoms with E-state index >= 15 is 0 Å². The third kappa shape index (κ3) is 3.48. The highest BCUT2D eigenvalue weighted by Crippen LogP contribution is 2.22. The van der Waals surface area contributed by atoms with Gasteiger partial charge in [0.15, 0.2) is 0 Å². The minimum absolute atomic E-state index is 0.0549. The minimum Gasteiger partial charge on any atom is -0.323 e. The number of carbonyl (C=O) groups is 1. The van der Waals surface area contributed by atoms with Gasteiger partial charge in [-0.15, -0.1) is 0 Å². The minimum atomic E-state index is -0.0549. The molecule has 0 aliphatic carbocycles. The van der Waals surface area contributed by atoms with E-state index in [1.54, 1.807) is 6.07 Å². The standard InChI is InChI=1S/C15H21ClN4O/c16-13-3-1-2-4-14(13)18-15(21)20-8-5-12(11-20)19-9-6-17-7-10-19/h1-4,12,17H,5-11H2,(H,18,21). The number of rotatable bonds is 2. The summed E-state index contributed by atoms with van der Waals surface area (Å²) in [6.45, 7) is 5.85. The number of nitrogens with one attached hydrogen (secondary N) is 2. The van der Waals surface area contributed by atoms with Gasteiger partial charge in [-0.1, -0.05) is 23.7 Å². The maximum Gasteiger partial charge on any atom is 0.321 e. The zero-order valence-electron chi connectivity index (χ0n) is 12.0. The molecule has 2 saturated heterocycles.